The van der Waals surface area contributed by atoms with Gasteiger partial charge in [-0.2, -0.15) is 0 Å². The van der Waals surface area contributed by atoms with Gasteiger partial charge in [0.05, 0.1) is 13.2 Å². The number of benzene rings is 2. The van der Waals surface area contributed by atoms with E-state index in [0.29, 0.717) is 0 Å². The molecule has 0 aliphatic rings. The second kappa shape index (κ2) is 7.75. The summed E-state index contributed by atoms with van der Waals surface area (Å²) >= 11 is 0. The van der Waals surface area contributed by atoms with Gasteiger partial charge in [-0.1, -0.05) is 54.6 Å². The summed E-state index contributed by atoms with van der Waals surface area (Å²) < 4.78 is 10.2. The van der Waals surface area contributed by atoms with Crippen molar-refractivity contribution in [2.45, 2.75) is 26.1 Å². The van der Waals surface area contributed by atoms with Crippen LogP contribution in [0.1, 0.15) is 19.4 Å². The Morgan fingerprint density at radius 2 is 1.58 bits per heavy atom. The van der Waals surface area contributed by atoms with Gasteiger partial charge >= 0.3 is 11.9 Å². The van der Waals surface area contributed by atoms with Gasteiger partial charge in [-0.25, -0.2) is 9.59 Å². The van der Waals surface area contributed by atoms with E-state index >= 15 is 0 Å². The first-order valence-electron chi connectivity index (χ1n) is 7.66. The van der Waals surface area contributed by atoms with Crippen LogP contribution in [0.15, 0.2) is 54.6 Å². The quantitative estimate of drug-likeness (QED) is 0.624. The highest BCUT2D eigenvalue weighted by Crippen LogP contribution is 2.21. The van der Waals surface area contributed by atoms with Gasteiger partial charge in [-0.05, 0) is 30.5 Å². The predicted octanol–water partition coefficient (Wildman–Crippen LogP) is 3.28. The lowest BCUT2D eigenvalue weighted by molar-refractivity contribution is -0.186. The van der Waals surface area contributed by atoms with Crippen LogP contribution in [0.3, 0.4) is 0 Å². The summed E-state index contributed by atoms with van der Waals surface area (Å²) in [5.41, 5.74) is 0.887. The number of carboxylic acids is 1. The predicted molar refractivity (Wildman–Crippen MR) is 89.3 cm³/mol. The van der Waals surface area contributed by atoms with Crippen LogP contribution in [-0.4, -0.2) is 29.3 Å². The van der Waals surface area contributed by atoms with Gasteiger partial charge < -0.3 is 14.6 Å². The molecule has 0 bridgehead atoms. The minimum Gasteiger partial charge on any atom is -0.479 e. The fraction of sp³-hybridized carbons (Fsp3) is 0.263. The van der Waals surface area contributed by atoms with E-state index in [1.165, 1.54) is 6.92 Å². The Morgan fingerprint density at radius 3 is 2.12 bits per heavy atom. The zero-order valence-corrected chi connectivity index (χ0v) is 13.7. The molecule has 2 aromatic carbocycles. The fourth-order valence-corrected chi connectivity index (χ4v) is 2.13. The smallest absolute Gasteiger partial charge is 0.349 e. The van der Waals surface area contributed by atoms with Crippen LogP contribution in [0, 0.1) is 0 Å². The van der Waals surface area contributed by atoms with Crippen molar-refractivity contribution in [3.8, 4) is 11.1 Å². The molecule has 1 unspecified atom stereocenters. The molecular formula is C19H20O5. The maximum atomic E-state index is 11.8. The molecule has 0 heterocycles. The second-order valence-electron chi connectivity index (χ2n) is 5.41. The van der Waals surface area contributed by atoms with Crippen LogP contribution in [0.25, 0.3) is 11.1 Å². The normalized spacial score (nSPS) is 13.1. The first kappa shape index (κ1) is 17.7. The number of aliphatic carboxylic acids is 1. The third-order valence-corrected chi connectivity index (χ3v) is 3.66. The van der Waals surface area contributed by atoms with Crippen molar-refractivity contribution in [3.63, 3.8) is 0 Å². The Morgan fingerprint density at radius 1 is 1.00 bits per heavy atom. The van der Waals surface area contributed by atoms with Gasteiger partial charge in [0.15, 0.2) is 0 Å². The van der Waals surface area contributed by atoms with Gasteiger partial charge in [-0.15, -0.1) is 0 Å². The zero-order valence-electron chi connectivity index (χ0n) is 13.7. The van der Waals surface area contributed by atoms with Gasteiger partial charge in [0, 0.05) is 0 Å². The lowest BCUT2D eigenvalue weighted by Crippen LogP contribution is -2.47. The maximum absolute atomic E-state index is 11.8. The van der Waals surface area contributed by atoms with Crippen molar-refractivity contribution in [1.82, 2.24) is 0 Å². The Bertz CT molecular complexity index is 693. The van der Waals surface area contributed by atoms with Gasteiger partial charge in [0.2, 0.25) is 0 Å². The Balaban J connectivity index is 2.08. The molecule has 0 aliphatic heterocycles. The number of hydrogen-bond acceptors (Lipinski definition) is 4. The number of ether oxygens (including phenoxy) is 2. The number of carbonyl (C=O) groups is 2. The van der Waals surface area contributed by atoms with Crippen LogP contribution in [0.5, 0.6) is 0 Å². The third kappa shape index (κ3) is 4.00. The number of carbonyl (C=O) groups excluding carboxylic acids is 1. The topological polar surface area (TPSA) is 72.8 Å². The highest BCUT2D eigenvalue weighted by molar-refractivity contribution is 6.02. The lowest BCUT2D eigenvalue weighted by Gasteiger charge is -2.23. The number of esters is 1. The van der Waals surface area contributed by atoms with Crippen molar-refractivity contribution in [2.24, 2.45) is 0 Å². The van der Waals surface area contributed by atoms with Crippen molar-refractivity contribution in [1.29, 1.82) is 0 Å². The van der Waals surface area contributed by atoms with E-state index in [2.05, 4.69) is 0 Å². The van der Waals surface area contributed by atoms with Crippen molar-refractivity contribution >= 4 is 11.9 Å². The van der Waals surface area contributed by atoms with E-state index in [4.69, 9.17) is 9.47 Å². The van der Waals surface area contributed by atoms with Crippen LogP contribution in [0.2, 0.25) is 0 Å². The molecule has 0 fully saturated rings. The summed E-state index contributed by atoms with van der Waals surface area (Å²) in [6.45, 7) is 2.90. The molecule has 2 rings (SSSR count). The lowest BCUT2D eigenvalue weighted by atomic mass is 10.0. The van der Waals surface area contributed by atoms with Crippen LogP contribution in [-0.2, 0) is 25.7 Å². The SMILES string of the molecule is CCOC(=O)C(C)(OCc1ccc(-c2ccccc2)cc1)C(=O)O. The molecule has 2 aromatic rings. The molecule has 1 atom stereocenters. The molecule has 1 N–H and O–H groups in total. The molecule has 24 heavy (non-hydrogen) atoms. The fourth-order valence-electron chi connectivity index (χ4n) is 2.13. The van der Waals surface area contributed by atoms with Crippen LogP contribution in [0.4, 0.5) is 0 Å². The van der Waals surface area contributed by atoms with Gasteiger partial charge in [0.1, 0.15) is 0 Å². The molecule has 0 saturated heterocycles. The summed E-state index contributed by atoms with van der Waals surface area (Å²) in [5, 5.41) is 9.27. The summed E-state index contributed by atoms with van der Waals surface area (Å²) in [4.78, 5) is 23.2. The molecule has 0 amide bonds. The van der Waals surface area contributed by atoms with E-state index in [-0.39, 0.29) is 13.2 Å². The molecule has 5 heteroatoms. The molecule has 0 aromatic heterocycles. The highest BCUT2D eigenvalue weighted by Gasteiger charge is 2.44. The molecule has 0 radical (unpaired) electrons. The van der Waals surface area contributed by atoms with Crippen LogP contribution >= 0.6 is 0 Å². The van der Waals surface area contributed by atoms with Crippen molar-refractivity contribution in [3.05, 3.63) is 60.2 Å². The first-order valence-corrected chi connectivity index (χ1v) is 7.66. The van der Waals surface area contributed by atoms with Gasteiger partial charge in [-0.3, -0.25) is 0 Å². The van der Waals surface area contributed by atoms with Crippen molar-refractivity contribution < 1.29 is 24.2 Å². The minimum atomic E-state index is -2.02. The number of rotatable bonds is 7. The van der Waals surface area contributed by atoms with Crippen molar-refractivity contribution in [2.75, 3.05) is 6.61 Å². The zero-order chi connectivity index (χ0) is 17.6. The molecule has 0 spiro atoms. The number of carboxylic acid groups (broad SMARTS) is 1. The summed E-state index contributed by atoms with van der Waals surface area (Å²) in [6, 6.07) is 17.4. The average molecular weight is 328 g/mol. The molecule has 0 aliphatic carbocycles. The van der Waals surface area contributed by atoms with Gasteiger partial charge in [0.25, 0.3) is 5.60 Å². The maximum Gasteiger partial charge on any atom is 0.349 e. The first-order chi connectivity index (χ1) is 11.5. The monoisotopic (exact) mass is 328 g/mol. The highest BCUT2D eigenvalue weighted by atomic mass is 16.6. The third-order valence-electron chi connectivity index (χ3n) is 3.66. The minimum absolute atomic E-state index is 0.00329. The Labute approximate surface area is 140 Å². The Kier molecular flexibility index (Phi) is 5.71. The summed E-state index contributed by atoms with van der Waals surface area (Å²) in [7, 11) is 0. The largest absolute Gasteiger partial charge is 0.479 e. The molecular weight excluding hydrogens is 308 g/mol. The van der Waals surface area contributed by atoms with E-state index < -0.39 is 17.5 Å². The summed E-state index contributed by atoms with van der Waals surface area (Å²) in [6.07, 6.45) is 0. The number of hydrogen-bond donors (Lipinski definition) is 1. The summed E-state index contributed by atoms with van der Waals surface area (Å²) in [5.74, 6) is -2.28. The van der Waals surface area contributed by atoms with E-state index in [0.717, 1.165) is 16.7 Å². The Hall–Kier alpha value is -2.66. The molecule has 0 saturated carbocycles. The molecule has 5 nitrogen and oxygen atoms in total. The average Bonchev–Trinajstić information content (AvgIpc) is 2.61. The second-order valence-corrected chi connectivity index (χ2v) is 5.41. The van der Waals surface area contributed by atoms with E-state index in [1.54, 1.807) is 6.92 Å². The van der Waals surface area contributed by atoms with E-state index in [9.17, 15) is 14.7 Å². The van der Waals surface area contributed by atoms with E-state index in [1.807, 2.05) is 54.6 Å². The van der Waals surface area contributed by atoms with Crippen LogP contribution < -0.4 is 0 Å². The standard InChI is InChI=1S/C19H20O5/c1-3-23-18(22)19(2,17(20)21)24-13-14-9-11-16(12-10-14)15-7-5-4-6-8-15/h4-12H,3,13H2,1-2H3,(H,20,21). The molecule has 126 valence electrons.